The van der Waals surface area contributed by atoms with E-state index in [1.807, 2.05) is 0 Å². The lowest BCUT2D eigenvalue weighted by atomic mass is 9.98. The van der Waals surface area contributed by atoms with Gasteiger partial charge in [-0.3, -0.25) is 9.59 Å². The van der Waals surface area contributed by atoms with Crippen LogP contribution in [0.4, 0.5) is 5.69 Å². The standard InChI is InChI=1S/C16H20N2O4/c1-4-16(3,15(21)22)17-14(20)12-5-6-13-11(9-12)7-8-18(13)10(2)19/h5-6,9H,4,7-8H2,1-3H3,(H,17,20)(H,21,22). The molecule has 1 aliphatic rings. The molecule has 0 bridgehead atoms. The smallest absolute Gasteiger partial charge is 0.329 e. The molecule has 22 heavy (non-hydrogen) atoms. The minimum atomic E-state index is -1.29. The molecule has 1 aromatic rings. The maximum atomic E-state index is 12.3. The Morgan fingerprint density at radius 2 is 2.05 bits per heavy atom. The predicted octanol–water partition coefficient (Wildman–Crippen LogP) is 1.58. The lowest BCUT2D eigenvalue weighted by molar-refractivity contribution is -0.143. The van der Waals surface area contributed by atoms with Gasteiger partial charge in [-0.15, -0.1) is 0 Å². The zero-order valence-corrected chi connectivity index (χ0v) is 13.0. The summed E-state index contributed by atoms with van der Waals surface area (Å²) >= 11 is 0. The SMILES string of the molecule is CCC(C)(NC(=O)c1ccc2c(c1)CCN2C(C)=O)C(=O)O. The summed E-state index contributed by atoms with van der Waals surface area (Å²) in [5.41, 5.74) is 0.864. The van der Waals surface area contributed by atoms with E-state index in [4.69, 9.17) is 0 Å². The Kier molecular flexibility index (Phi) is 4.21. The first-order valence-electron chi connectivity index (χ1n) is 7.25. The molecule has 6 heteroatoms. The Hall–Kier alpha value is -2.37. The van der Waals surface area contributed by atoms with Crippen LogP contribution < -0.4 is 10.2 Å². The van der Waals surface area contributed by atoms with E-state index in [9.17, 15) is 19.5 Å². The van der Waals surface area contributed by atoms with E-state index < -0.39 is 17.4 Å². The lowest BCUT2D eigenvalue weighted by Crippen LogP contribution is -2.51. The molecule has 1 aromatic carbocycles. The second kappa shape index (κ2) is 5.79. The van der Waals surface area contributed by atoms with Crippen LogP contribution in [0.3, 0.4) is 0 Å². The Morgan fingerprint density at radius 3 is 2.59 bits per heavy atom. The number of fused-ring (bicyclic) bond motifs is 1. The molecule has 0 spiro atoms. The number of carbonyl (C=O) groups is 3. The van der Waals surface area contributed by atoms with Crippen molar-refractivity contribution in [2.24, 2.45) is 0 Å². The van der Waals surface area contributed by atoms with Crippen molar-refractivity contribution in [3.05, 3.63) is 29.3 Å². The molecule has 0 saturated heterocycles. The summed E-state index contributed by atoms with van der Waals surface area (Å²) in [5.74, 6) is -1.51. The number of benzene rings is 1. The number of nitrogens with one attached hydrogen (secondary N) is 1. The fourth-order valence-electron chi connectivity index (χ4n) is 2.49. The molecule has 1 atom stereocenters. The Morgan fingerprint density at radius 1 is 1.36 bits per heavy atom. The summed E-state index contributed by atoms with van der Waals surface area (Å²) in [7, 11) is 0. The van der Waals surface area contributed by atoms with Crippen LogP contribution in [0, 0.1) is 0 Å². The van der Waals surface area contributed by atoms with Crippen LogP contribution in [0.5, 0.6) is 0 Å². The molecule has 2 rings (SSSR count). The van der Waals surface area contributed by atoms with E-state index in [2.05, 4.69) is 5.32 Å². The van der Waals surface area contributed by atoms with E-state index in [1.54, 1.807) is 30.0 Å². The molecule has 1 unspecified atom stereocenters. The number of carbonyl (C=O) groups excluding carboxylic acids is 2. The van der Waals surface area contributed by atoms with Gasteiger partial charge in [0.2, 0.25) is 5.91 Å². The Bertz CT molecular complexity index is 641. The molecule has 2 amide bonds. The summed E-state index contributed by atoms with van der Waals surface area (Å²) in [4.78, 5) is 36.7. The van der Waals surface area contributed by atoms with E-state index >= 15 is 0 Å². The van der Waals surface area contributed by atoms with Gasteiger partial charge >= 0.3 is 5.97 Å². The largest absolute Gasteiger partial charge is 0.480 e. The highest BCUT2D eigenvalue weighted by Crippen LogP contribution is 2.29. The topological polar surface area (TPSA) is 86.7 Å². The van der Waals surface area contributed by atoms with Crippen molar-refractivity contribution in [1.82, 2.24) is 5.32 Å². The van der Waals surface area contributed by atoms with Crippen LogP contribution in [0.25, 0.3) is 0 Å². The maximum absolute atomic E-state index is 12.3. The van der Waals surface area contributed by atoms with Crippen LogP contribution in [-0.4, -0.2) is 35.0 Å². The maximum Gasteiger partial charge on any atom is 0.329 e. The van der Waals surface area contributed by atoms with Gasteiger partial charge < -0.3 is 15.3 Å². The van der Waals surface area contributed by atoms with Gasteiger partial charge in [0.05, 0.1) is 0 Å². The average Bonchev–Trinajstić information content (AvgIpc) is 2.89. The average molecular weight is 304 g/mol. The quantitative estimate of drug-likeness (QED) is 0.884. The number of rotatable bonds is 4. The number of carboxylic acids is 1. The number of amides is 2. The van der Waals surface area contributed by atoms with Gasteiger partial charge in [-0.2, -0.15) is 0 Å². The minimum Gasteiger partial charge on any atom is -0.480 e. The monoisotopic (exact) mass is 304 g/mol. The summed E-state index contributed by atoms with van der Waals surface area (Å²) in [6.07, 6.45) is 0.983. The van der Waals surface area contributed by atoms with E-state index in [0.717, 1.165) is 11.3 Å². The fourth-order valence-corrected chi connectivity index (χ4v) is 2.49. The van der Waals surface area contributed by atoms with E-state index in [-0.39, 0.29) is 12.3 Å². The van der Waals surface area contributed by atoms with Gasteiger partial charge in [0.1, 0.15) is 5.54 Å². The highest BCUT2D eigenvalue weighted by atomic mass is 16.4. The van der Waals surface area contributed by atoms with Crippen molar-refractivity contribution >= 4 is 23.5 Å². The molecule has 0 aliphatic carbocycles. The lowest BCUT2D eigenvalue weighted by Gasteiger charge is -2.24. The van der Waals surface area contributed by atoms with Crippen molar-refractivity contribution in [3.63, 3.8) is 0 Å². The number of carboxylic acid groups (broad SMARTS) is 1. The van der Waals surface area contributed by atoms with Crippen molar-refractivity contribution in [2.45, 2.75) is 39.2 Å². The predicted molar refractivity (Wildman–Crippen MR) is 82.0 cm³/mol. The van der Waals surface area contributed by atoms with Gasteiger partial charge in [-0.05, 0) is 43.5 Å². The summed E-state index contributed by atoms with van der Waals surface area (Å²) < 4.78 is 0. The second-order valence-corrected chi connectivity index (χ2v) is 5.71. The fraction of sp³-hybridized carbons (Fsp3) is 0.438. The highest BCUT2D eigenvalue weighted by molar-refractivity contribution is 5.99. The summed E-state index contributed by atoms with van der Waals surface area (Å²) in [6, 6.07) is 5.08. The molecule has 0 radical (unpaired) electrons. The van der Waals surface area contributed by atoms with Crippen LogP contribution in [-0.2, 0) is 16.0 Å². The minimum absolute atomic E-state index is 0.0274. The van der Waals surface area contributed by atoms with Gasteiger partial charge in [-0.25, -0.2) is 4.79 Å². The third-order valence-corrected chi connectivity index (χ3v) is 4.19. The van der Waals surface area contributed by atoms with Gasteiger partial charge in [0.15, 0.2) is 0 Å². The van der Waals surface area contributed by atoms with Crippen LogP contribution >= 0.6 is 0 Å². The van der Waals surface area contributed by atoms with Crippen molar-refractivity contribution in [2.75, 3.05) is 11.4 Å². The number of nitrogens with zero attached hydrogens (tertiary/aromatic N) is 1. The van der Waals surface area contributed by atoms with Crippen LogP contribution in [0.2, 0.25) is 0 Å². The van der Waals surface area contributed by atoms with Crippen LogP contribution in [0.15, 0.2) is 18.2 Å². The molecular formula is C16H20N2O4. The zero-order chi connectivity index (χ0) is 16.5. The van der Waals surface area contributed by atoms with Crippen LogP contribution in [0.1, 0.15) is 43.1 Å². The van der Waals surface area contributed by atoms with Gasteiger partial charge in [0, 0.05) is 24.7 Å². The molecule has 1 aliphatic heterocycles. The molecule has 0 aromatic heterocycles. The first-order valence-corrected chi connectivity index (χ1v) is 7.25. The molecule has 6 nitrogen and oxygen atoms in total. The van der Waals surface area contributed by atoms with E-state index in [1.165, 1.54) is 13.8 Å². The summed E-state index contributed by atoms with van der Waals surface area (Å²) in [6.45, 7) is 5.31. The first-order chi connectivity index (χ1) is 10.3. The van der Waals surface area contributed by atoms with Crippen molar-refractivity contribution < 1.29 is 19.5 Å². The third kappa shape index (κ3) is 2.81. The van der Waals surface area contributed by atoms with Crippen molar-refractivity contribution in [3.8, 4) is 0 Å². The molecular weight excluding hydrogens is 284 g/mol. The van der Waals surface area contributed by atoms with Crippen molar-refractivity contribution in [1.29, 1.82) is 0 Å². The number of anilines is 1. The number of hydrogen-bond acceptors (Lipinski definition) is 3. The molecule has 0 fully saturated rings. The Labute approximate surface area is 129 Å². The molecule has 1 heterocycles. The highest BCUT2D eigenvalue weighted by Gasteiger charge is 2.33. The molecule has 118 valence electrons. The normalized spacial score (nSPS) is 15.9. The Balaban J connectivity index is 2.23. The number of hydrogen-bond donors (Lipinski definition) is 2. The second-order valence-electron chi connectivity index (χ2n) is 5.71. The number of aliphatic carboxylic acids is 1. The third-order valence-electron chi connectivity index (χ3n) is 4.19. The zero-order valence-electron chi connectivity index (χ0n) is 13.0. The van der Waals surface area contributed by atoms with Gasteiger partial charge in [-0.1, -0.05) is 6.92 Å². The molecule has 0 saturated carbocycles. The van der Waals surface area contributed by atoms with E-state index in [0.29, 0.717) is 18.5 Å². The first kappa shape index (κ1) is 16.0. The molecule has 2 N–H and O–H groups in total. The van der Waals surface area contributed by atoms with Gasteiger partial charge in [0.25, 0.3) is 5.91 Å². The summed E-state index contributed by atoms with van der Waals surface area (Å²) in [5, 5.41) is 11.8.